The molecule has 5 fully saturated rings. The summed E-state index contributed by atoms with van der Waals surface area (Å²) in [6.07, 6.45) is 30.4. The molecule has 2 saturated heterocycles. The molecule has 5 rings (SSSR count). The second-order valence-corrected chi connectivity index (χ2v) is 17.2. The molecular weight excluding hydrogens is 431 g/mol. The monoisotopic (exact) mass is 480 g/mol. The van der Waals surface area contributed by atoms with E-state index in [9.17, 15) is 0 Å². The van der Waals surface area contributed by atoms with Gasteiger partial charge in [-0.05, 0) is 44.6 Å². The minimum Gasteiger partial charge on any atom is -0.374 e. The Morgan fingerprint density at radius 3 is 1.12 bits per heavy atom. The quantitative estimate of drug-likeness (QED) is 0.325. The van der Waals surface area contributed by atoms with Crippen LogP contribution in [0.25, 0.3) is 0 Å². The second kappa shape index (κ2) is 11.5. The summed E-state index contributed by atoms with van der Waals surface area (Å²) >= 11 is 7.21. The zero-order chi connectivity index (χ0) is 21.8. The predicted octanol–water partition coefficient (Wildman–Crippen LogP) is 8.34. The van der Waals surface area contributed by atoms with Gasteiger partial charge in [0.15, 0.2) is 0 Å². The summed E-state index contributed by atoms with van der Waals surface area (Å²) < 4.78 is 14.3. The standard InChI is InChI=1S/C28H49O2PS/c32-31-26-20-14-6-2-1-4-10-16-22(26)29-24-18-12-8-9-13-19-25(28(24)31)30-23-17-11-5-3-7-15-21-27(23)31/h22-28H,1-21H2. The molecule has 2 nitrogen and oxygen atoms in total. The van der Waals surface area contributed by atoms with Crippen molar-refractivity contribution in [3.05, 3.63) is 0 Å². The lowest BCUT2D eigenvalue weighted by atomic mass is 9.96. The zero-order valence-electron chi connectivity index (χ0n) is 20.6. The van der Waals surface area contributed by atoms with Crippen LogP contribution in [0.3, 0.4) is 0 Å². The van der Waals surface area contributed by atoms with Crippen LogP contribution in [0, 0.1) is 0 Å². The Labute approximate surface area is 203 Å². The Morgan fingerprint density at radius 1 is 0.406 bits per heavy atom. The Kier molecular flexibility index (Phi) is 8.75. The van der Waals surface area contributed by atoms with Crippen molar-refractivity contribution in [2.24, 2.45) is 0 Å². The molecule has 5 aliphatic rings. The van der Waals surface area contributed by atoms with Crippen molar-refractivity contribution in [1.29, 1.82) is 0 Å². The Hall–Kier alpha value is 0.570. The van der Waals surface area contributed by atoms with Gasteiger partial charge in [-0.15, -0.1) is 0 Å². The maximum atomic E-state index is 7.21. The number of fused-ring (bicyclic) bond motifs is 4. The first-order valence-electron chi connectivity index (χ1n) is 14.7. The van der Waals surface area contributed by atoms with Crippen molar-refractivity contribution in [3.8, 4) is 0 Å². The third-order valence-electron chi connectivity index (χ3n) is 9.78. The van der Waals surface area contributed by atoms with E-state index in [1.165, 1.54) is 135 Å². The Balaban J connectivity index is 1.54. The molecule has 8 unspecified atom stereocenters. The van der Waals surface area contributed by atoms with Crippen LogP contribution >= 0.6 is 6.04 Å². The highest BCUT2D eigenvalue weighted by atomic mass is 32.4. The van der Waals surface area contributed by atoms with Crippen molar-refractivity contribution in [1.82, 2.24) is 0 Å². The molecule has 0 amide bonds. The zero-order valence-corrected chi connectivity index (χ0v) is 22.3. The molecule has 3 aliphatic carbocycles. The summed E-state index contributed by atoms with van der Waals surface area (Å²) in [6.45, 7) is 0. The van der Waals surface area contributed by atoms with Gasteiger partial charge >= 0.3 is 0 Å². The van der Waals surface area contributed by atoms with Crippen molar-refractivity contribution in [2.45, 2.75) is 176 Å². The van der Waals surface area contributed by atoms with Gasteiger partial charge in [0.1, 0.15) is 0 Å². The van der Waals surface area contributed by atoms with Crippen molar-refractivity contribution < 1.29 is 9.47 Å². The van der Waals surface area contributed by atoms with Crippen molar-refractivity contribution in [3.63, 3.8) is 0 Å². The lowest BCUT2D eigenvalue weighted by Crippen LogP contribution is -2.59. The molecule has 0 spiro atoms. The number of ether oxygens (including phenoxy) is 2. The topological polar surface area (TPSA) is 18.5 Å². The highest BCUT2D eigenvalue weighted by molar-refractivity contribution is 8.15. The van der Waals surface area contributed by atoms with Crippen LogP contribution in [-0.2, 0) is 21.3 Å². The Morgan fingerprint density at radius 2 is 0.719 bits per heavy atom. The molecule has 0 bridgehead atoms. The fraction of sp³-hybridized carbons (Fsp3) is 1.00. The van der Waals surface area contributed by atoms with Crippen LogP contribution in [0.1, 0.15) is 135 Å². The van der Waals surface area contributed by atoms with E-state index in [1.807, 2.05) is 0 Å². The summed E-state index contributed by atoms with van der Waals surface area (Å²) in [5, 5.41) is 0. The third-order valence-corrected chi connectivity index (χ3v) is 17.0. The second-order valence-electron chi connectivity index (χ2n) is 11.9. The van der Waals surface area contributed by atoms with Crippen LogP contribution < -0.4 is 0 Å². The van der Waals surface area contributed by atoms with Crippen LogP contribution in [0.5, 0.6) is 0 Å². The molecule has 2 heterocycles. The summed E-state index contributed by atoms with van der Waals surface area (Å²) in [7, 11) is 0. The molecule has 0 radical (unpaired) electrons. The van der Waals surface area contributed by atoms with Gasteiger partial charge in [-0.3, -0.25) is 0 Å². The first-order valence-corrected chi connectivity index (χ1v) is 17.7. The van der Waals surface area contributed by atoms with E-state index in [0.717, 1.165) is 0 Å². The van der Waals surface area contributed by atoms with Crippen LogP contribution in [0.15, 0.2) is 0 Å². The van der Waals surface area contributed by atoms with E-state index in [-0.39, 0.29) is 0 Å². The van der Waals surface area contributed by atoms with Crippen molar-refractivity contribution in [2.75, 3.05) is 0 Å². The molecular formula is C28H49O2PS. The van der Waals surface area contributed by atoms with Crippen LogP contribution in [-0.4, -0.2) is 41.4 Å². The molecule has 32 heavy (non-hydrogen) atoms. The van der Waals surface area contributed by atoms with Gasteiger partial charge in [0.05, 0.1) is 24.4 Å². The van der Waals surface area contributed by atoms with E-state index in [1.54, 1.807) is 0 Å². The smallest absolute Gasteiger partial charge is 0.0679 e. The molecule has 8 atom stereocenters. The molecule has 184 valence electrons. The normalized spacial score (nSPS) is 46.9. The van der Waals surface area contributed by atoms with Gasteiger partial charge in [0.25, 0.3) is 0 Å². The first-order chi connectivity index (χ1) is 15.8. The highest BCUT2D eigenvalue weighted by Gasteiger charge is 2.59. The molecule has 0 aromatic heterocycles. The number of rotatable bonds is 0. The van der Waals surface area contributed by atoms with E-state index in [4.69, 9.17) is 21.3 Å². The lowest BCUT2D eigenvalue weighted by molar-refractivity contribution is -0.0984. The molecule has 0 aromatic carbocycles. The fourth-order valence-electron chi connectivity index (χ4n) is 8.21. The van der Waals surface area contributed by atoms with Crippen LogP contribution in [0.2, 0.25) is 0 Å². The molecule has 3 saturated carbocycles. The van der Waals surface area contributed by atoms with Gasteiger partial charge in [0, 0.05) is 17.0 Å². The van der Waals surface area contributed by atoms with E-state index >= 15 is 0 Å². The number of hydrogen-bond donors (Lipinski definition) is 0. The van der Waals surface area contributed by atoms with E-state index < -0.39 is 6.04 Å². The average Bonchev–Trinajstić information content (AvgIpc) is 2.97. The maximum absolute atomic E-state index is 7.21. The Bertz CT molecular complexity index is 639. The average molecular weight is 481 g/mol. The van der Waals surface area contributed by atoms with Crippen molar-refractivity contribution >= 4 is 17.8 Å². The minimum atomic E-state index is -1.59. The predicted molar refractivity (Wildman–Crippen MR) is 140 cm³/mol. The summed E-state index contributed by atoms with van der Waals surface area (Å²) in [5.74, 6) is 0. The van der Waals surface area contributed by atoms with E-state index in [2.05, 4.69) is 0 Å². The lowest BCUT2D eigenvalue weighted by Gasteiger charge is -2.60. The molecule has 0 N–H and O–H groups in total. The SMILES string of the molecule is S=P12C3CCCCCCCCC3OC3CCCCCCC(OC4CCCCCCCC41)C32. The minimum absolute atomic E-state index is 0.404. The first kappa shape index (κ1) is 24.3. The van der Waals surface area contributed by atoms with Gasteiger partial charge < -0.3 is 9.47 Å². The summed E-state index contributed by atoms with van der Waals surface area (Å²) in [5.41, 5.74) is 1.96. The largest absolute Gasteiger partial charge is 0.374 e. The van der Waals surface area contributed by atoms with Gasteiger partial charge in [-0.1, -0.05) is 108 Å². The fourth-order valence-corrected chi connectivity index (χ4v) is 16.0. The third kappa shape index (κ3) is 5.08. The molecule has 4 heteroatoms. The van der Waals surface area contributed by atoms with Gasteiger partial charge in [-0.2, -0.15) is 0 Å². The molecule has 0 aromatic rings. The van der Waals surface area contributed by atoms with E-state index in [0.29, 0.717) is 41.4 Å². The summed E-state index contributed by atoms with van der Waals surface area (Å²) in [6, 6.07) is -1.59. The summed E-state index contributed by atoms with van der Waals surface area (Å²) in [4.78, 5) is 0. The highest BCUT2D eigenvalue weighted by Crippen LogP contribution is 2.72. The molecule has 2 aliphatic heterocycles. The van der Waals surface area contributed by atoms with Gasteiger partial charge in [-0.25, -0.2) is 0 Å². The number of hydrogen-bond acceptors (Lipinski definition) is 3. The van der Waals surface area contributed by atoms with Gasteiger partial charge in [0.2, 0.25) is 0 Å². The van der Waals surface area contributed by atoms with Crippen LogP contribution in [0.4, 0.5) is 0 Å². The maximum Gasteiger partial charge on any atom is 0.0679 e.